The average molecular weight is 339 g/mol. The van der Waals surface area contributed by atoms with Gasteiger partial charge in [0.1, 0.15) is 5.75 Å². The van der Waals surface area contributed by atoms with E-state index in [1.807, 2.05) is 23.2 Å². The van der Waals surface area contributed by atoms with Crippen LogP contribution in [0.4, 0.5) is 0 Å². The Morgan fingerprint density at radius 2 is 2.10 bits per heavy atom. The van der Waals surface area contributed by atoms with Crippen LogP contribution >= 0.6 is 15.9 Å². The molecule has 0 bridgehead atoms. The second-order valence-corrected chi connectivity index (χ2v) is 5.66. The van der Waals surface area contributed by atoms with Crippen molar-refractivity contribution in [3.63, 3.8) is 0 Å². The third-order valence-corrected chi connectivity index (χ3v) is 3.72. The molecule has 1 saturated heterocycles. The molecule has 1 aromatic rings. The molecule has 0 spiro atoms. The monoisotopic (exact) mass is 338 g/mol. The zero-order valence-corrected chi connectivity index (χ0v) is 13.1. The Balaban J connectivity index is 1.97. The van der Waals surface area contributed by atoms with Crippen LogP contribution in [0.25, 0.3) is 6.08 Å². The van der Waals surface area contributed by atoms with E-state index in [1.165, 1.54) is 6.42 Å². The van der Waals surface area contributed by atoms with Crippen molar-refractivity contribution in [1.82, 2.24) is 10.4 Å². The highest BCUT2D eigenvalue weighted by Gasteiger charge is 2.11. The lowest BCUT2D eigenvalue weighted by Gasteiger charge is -2.26. The smallest absolute Gasteiger partial charge is 0.258 e. The summed E-state index contributed by atoms with van der Waals surface area (Å²) in [6.45, 7) is 1.86. The molecule has 1 heterocycles. The fraction of sp³-hybridized carbons (Fsp3) is 0.400. The van der Waals surface area contributed by atoms with E-state index >= 15 is 0 Å². The third kappa shape index (κ3) is 4.35. The highest BCUT2D eigenvalue weighted by Crippen LogP contribution is 2.24. The summed E-state index contributed by atoms with van der Waals surface area (Å²) in [6.07, 6.45) is 6.84. The van der Waals surface area contributed by atoms with Gasteiger partial charge in [0.25, 0.3) is 5.91 Å². The van der Waals surface area contributed by atoms with Gasteiger partial charge in [-0.15, -0.1) is 0 Å². The second kappa shape index (κ2) is 7.45. The molecule has 0 radical (unpaired) electrons. The van der Waals surface area contributed by atoms with E-state index in [0.29, 0.717) is 0 Å². The Kier molecular flexibility index (Phi) is 5.61. The molecule has 108 valence electrons. The fourth-order valence-corrected chi connectivity index (χ4v) is 2.58. The number of ether oxygens (including phenoxy) is 1. The molecule has 0 unspecified atom stereocenters. The lowest BCUT2D eigenvalue weighted by Crippen LogP contribution is -2.44. The Bertz CT molecular complexity index is 497. The Morgan fingerprint density at radius 3 is 2.80 bits per heavy atom. The molecular formula is C15H19BrN2O2. The van der Waals surface area contributed by atoms with Gasteiger partial charge in [0, 0.05) is 29.2 Å². The molecule has 5 heteroatoms. The summed E-state index contributed by atoms with van der Waals surface area (Å²) >= 11 is 3.41. The van der Waals surface area contributed by atoms with Crippen LogP contribution in [0.15, 0.2) is 28.7 Å². The maximum atomic E-state index is 11.9. The first-order valence-corrected chi connectivity index (χ1v) is 7.55. The van der Waals surface area contributed by atoms with Crippen LogP contribution in [0.3, 0.4) is 0 Å². The number of carbonyl (C=O) groups is 1. The minimum atomic E-state index is -0.103. The molecule has 20 heavy (non-hydrogen) atoms. The standard InChI is InChI=1S/C15H19BrN2O2/c1-20-14-7-6-13(16)11-12(14)5-8-15(19)17-18-9-3-2-4-10-18/h5-8,11H,2-4,9-10H2,1H3,(H,17,19)/b8-5+. The van der Waals surface area contributed by atoms with Crippen LogP contribution in [0.5, 0.6) is 5.75 Å². The lowest BCUT2D eigenvalue weighted by atomic mass is 10.2. The molecular weight excluding hydrogens is 320 g/mol. The fourth-order valence-electron chi connectivity index (χ4n) is 2.20. The summed E-state index contributed by atoms with van der Waals surface area (Å²) in [4.78, 5) is 11.9. The van der Waals surface area contributed by atoms with E-state index in [0.717, 1.165) is 41.7 Å². The average Bonchev–Trinajstić information content (AvgIpc) is 2.46. The van der Waals surface area contributed by atoms with Crippen molar-refractivity contribution in [3.05, 3.63) is 34.3 Å². The largest absolute Gasteiger partial charge is 0.496 e. The molecule has 0 aromatic heterocycles. The van der Waals surface area contributed by atoms with Gasteiger partial charge in [-0.2, -0.15) is 0 Å². The van der Waals surface area contributed by atoms with Gasteiger partial charge in [0.15, 0.2) is 0 Å². The van der Waals surface area contributed by atoms with Crippen molar-refractivity contribution in [3.8, 4) is 5.75 Å². The van der Waals surface area contributed by atoms with Crippen molar-refractivity contribution in [2.75, 3.05) is 20.2 Å². The van der Waals surface area contributed by atoms with Crippen LogP contribution in [0, 0.1) is 0 Å². The number of piperidine rings is 1. The third-order valence-electron chi connectivity index (χ3n) is 3.23. The van der Waals surface area contributed by atoms with Crippen LogP contribution in [0.1, 0.15) is 24.8 Å². The number of nitrogens with zero attached hydrogens (tertiary/aromatic N) is 1. The summed E-state index contributed by atoms with van der Waals surface area (Å²) in [6, 6.07) is 5.69. The summed E-state index contributed by atoms with van der Waals surface area (Å²) in [5.74, 6) is 0.643. The molecule has 1 amide bonds. The highest BCUT2D eigenvalue weighted by molar-refractivity contribution is 9.10. The minimum absolute atomic E-state index is 0.103. The molecule has 1 aliphatic rings. The SMILES string of the molecule is COc1ccc(Br)cc1/C=C/C(=O)NN1CCCCC1. The van der Waals surface area contributed by atoms with Gasteiger partial charge in [-0.05, 0) is 37.1 Å². The number of halogens is 1. The molecule has 0 aliphatic carbocycles. The van der Waals surface area contributed by atoms with Crippen molar-refractivity contribution in [1.29, 1.82) is 0 Å². The van der Waals surface area contributed by atoms with Crippen molar-refractivity contribution in [2.45, 2.75) is 19.3 Å². The van der Waals surface area contributed by atoms with Crippen LogP contribution in [0.2, 0.25) is 0 Å². The normalized spacial score (nSPS) is 16.3. The first-order valence-electron chi connectivity index (χ1n) is 6.76. The van der Waals surface area contributed by atoms with Gasteiger partial charge in [-0.3, -0.25) is 10.2 Å². The molecule has 0 atom stereocenters. The number of nitrogens with one attached hydrogen (secondary N) is 1. The summed E-state index contributed by atoms with van der Waals surface area (Å²) in [7, 11) is 1.62. The van der Waals surface area contributed by atoms with E-state index in [2.05, 4.69) is 21.4 Å². The van der Waals surface area contributed by atoms with Crippen molar-refractivity contribution >= 4 is 27.9 Å². The Morgan fingerprint density at radius 1 is 1.35 bits per heavy atom. The van der Waals surface area contributed by atoms with Crippen LogP contribution < -0.4 is 10.2 Å². The molecule has 1 fully saturated rings. The minimum Gasteiger partial charge on any atom is -0.496 e. The van der Waals surface area contributed by atoms with Crippen LogP contribution in [-0.4, -0.2) is 31.1 Å². The highest BCUT2D eigenvalue weighted by atomic mass is 79.9. The number of hydrogen-bond donors (Lipinski definition) is 1. The molecule has 4 nitrogen and oxygen atoms in total. The predicted octanol–water partition coefficient (Wildman–Crippen LogP) is 2.99. The quantitative estimate of drug-likeness (QED) is 0.858. The second-order valence-electron chi connectivity index (χ2n) is 4.74. The Labute approximate surface area is 127 Å². The topological polar surface area (TPSA) is 41.6 Å². The summed E-state index contributed by atoms with van der Waals surface area (Å²) in [5.41, 5.74) is 3.77. The van der Waals surface area contributed by atoms with E-state index < -0.39 is 0 Å². The summed E-state index contributed by atoms with van der Waals surface area (Å²) in [5, 5.41) is 1.98. The van der Waals surface area contributed by atoms with Crippen molar-refractivity contribution in [2.24, 2.45) is 0 Å². The maximum Gasteiger partial charge on any atom is 0.258 e. The number of benzene rings is 1. The number of amides is 1. The van der Waals surface area contributed by atoms with E-state index in [1.54, 1.807) is 19.3 Å². The number of rotatable bonds is 4. The number of hydrogen-bond acceptors (Lipinski definition) is 3. The predicted molar refractivity (Wildman–Crippen MR) is 83.3 cm³/mol. The maximum absolute atomic E-state index is 11.9. The van der Waals surface area contributed by atoms with E-state index in [9.17, 15) is 4.79 Å². The number of methoxy groups -OCH3 is 1. The van der Waals surface area contributed by atoms with Gasteiger partial charge in [0.05, 0.1) is 7.11 Å². The molecule has 1 aromatic carbocycles. The molecule has 0 saturated carbocycles. The zero-order chi connectivity index (χ0) is 14.4. The van der Waals surface area contributed by atoms with Gasteiger partial charge < -0.3 is 4.74 Å². The van der Waals surface area contributed by atoms with Gasteiger partial charge in [-0.1, -0.05) is 22.4 Å². The Hall–Kier alpha value is -1.33. The van der Waals surface area contributed by atoms with Crippen molar-refractivity contribution < 1.29 is 9.53 Å². The molecule has 1 N–H and O–H groups in total. The molecule has 1 aliphatic heterocycles. The van der Waals surface area contributed by atoms with Gasteiger partial charge >= 0.3 is 0 Å². The van der Waals surface area contributed by atoms with E-state index in [-0.39, 0.29) is 5.91 Å². The number of hydrazine groups is 1. The number of carbonyl (C=O) groups excluding carboxylic acids is 1. The zero-order valence-electron chi connectivity index (χ0n) is 11.6. The van der Waals surface area contributed by atoms with E-state index in [4.69, 9.17) is 4.74 Å². The first-order chi connectivity index (χ1) is 9.69. The van der Waals surface area contributed by atoms with Gasteiger partial charge in [0.2, 0.25) is 0 Å². The van der Waals surface area contributed by atoms with Crippen LogP contribution in [-0.2, 0) is 4.79 Å². The molecule has 2 rings (SSSR count). The van der Waals surface area contributed by atoms with Gasteiger partial charge in [-0.25, -0.2) is 5.01 Å². The lowest BCUT2D eigenvalue weighted by molar-refractivity contribution is -0.121. The first kappa shape index (κ1) is 15.1. The summed E-state index contributed by atoms with van der Waals surface area (Å²) < 4.78 is 6.22.